The van der Waals surface area contributed by atoms with Crippen molar-refractivity contribution in [1.29, 1.82) is 0 Å². The predicted molar refractivity (Wildman–Crippen MR) is 155 cm³/mol. The lowest BCUT2D eigenvalue weighted by molar-refractivity contribution is -0.136. The molecule has 4 bridgehead atoms. The number of hydrogen-bond acceptors (Lipinski definition) is 4. The highest BCUT2D eigenvalue weighted by molar-refractivity contribution is 9.10. The molecule has 2 aromatic carbocycles. The van der Waals surface area contributed by atoms with E-state index < -0.39 is 0 Å². The number of para-hydroxylation sites is 1. The van der Waals surface area contributed by atoms with Gasteiger partial charge in [0.15, 0.2) is 0 Å². The van der Waals surface area contributed by atoms with E-state index in [-0.39, 0.29) is 23.8 Å². The molecule has 7 heteroatoms. The van der Waals surface area contributed by atoms with Crippen molar-refractivity contribution in [3.05, 3.63) is 64.1 Å². The molecule has 6 nitrogen and oxygen atoms in total. The Balaban J connectivity index is 0.942. The SMILES string of the molecule is O=C(CC12CC3CC(CC(C3)C1)C2)NCC(=O)N1CCN(Cc2ccccc2OCc2cccc(Br)c2)CC1. The Labute approximate surface area is 240 Å². The minimum Gasteiger partial charge on any atom is -0.489 e. The second kappa shape index (κ2) is 11.6. The molecular weight excluding hydrogens is 554 g/mol. The summed E-state index contributed by atoms with van der Waals surface area (Å²) in [7, 11) is 0. The van der Waals surface area contributed by atoms with Gasteiger partial charge in [-0.3, -0.25) is 14.5 Å². The van der Waals surface area contributed by atoms with Crippen LogP contribution >= 0.6 is 15.9 Å². The van der Waals surface area contributed by atoms with Gasteiger partial charge in [0.1, 0.15) is 12.4 Å². The van der Waals surface area contributed by atoms with Gasteiger partial charge in [-0.1, -0.05) is 46.3 Å². The fraction of sp³-hybridized carbons (Fsp3) is 0.562. The van der Waals surface area contributed by atoms with Crippen LogP contribution in [0.3, 0.4) is 0 Å². The van der Waals surface area contributed by atoms with E-state index >= 15 is 0 Å². The highest BCUT2D eigenvalue weighted by Crippen LogP contribution is 2.61. The number of amides is 2. The van der Waals surface area contributed by atoms with Gasteiger partial charge in [-0.2, -0.15) is 0 Å². The minimum absolute atomic E-state index is 0.0336. The van der Waals surface area contributed by atoms with Crippen LogP contribution in [0.25, 0.3) is 0 Å². The molecule has 1 aliphatic heterocycles. The summed E-state index contributed by atoms with van der Waals surface area (Å²) in [4.78, 5) is 30.0. The number of carbonyl (C=O) groups excluding carboxylic acids is 2. The molecular formula is C32H40BrN3O3. The Hall–Kier alpha value is -2.38. The number of ether oxygens (including phenoxy) is 1. The van der Waals surface area contributed by atoms with E-state index in [1.807, 2.05) is 35.2 Å². The number of benzene rings is 2. The molecule has 208 valence electrons. The quantitative estimate of drug-likeness (QED) is 0.423. The van der Waals surface area contributed by atoms with Crippen LogP contribution in [0.2, 0.25) is 0 Å². The second-order valence-corrected chi connectivity index (χ2v) is 13.5. The summed E-state index contributed by atoms with van der Waals surface area (Å²) in [6.45, 7) is 4.43. The van der Waals surface area contributed by atoms with Crippen molar-refractivity contribution in [2.75, 3.05) is 32.7 Å². The van der Waals surface area contributed by atoms with E-state index in [2.05, 4.69) is 44.3 Å². The second-order valence-electron chi connectivity index (χ2n) is 12.6. The number of hydrogen-bond donors (Lipinski definition) is 1. The van der Waals surface area contributed by atoms with Gasteiger partial charge in [-0.15, -0.1) is 0 Å². The Morgan fingerprint density at radius 1 is 0.923 bits per heavy atom. The molecule has 4 aliphatic carbocycles. The molecule has 1 N–H and O–H groups in total. The Bertz CT molecular complexity index is 1160. The molecule has 0 radical (unpaired) electrons. The molecule has 1 saturated heterocycles. The monoisotopic (exact) mass is 593 g/mol. The van der Waals surface area contributed by atoms with E-state index in [4.69, 9.17) is 4.74 Å². The van der Waals surface area contributed by atoms with Crippen molar-refractivity contribution in [2.45, 2.75) is 58.1 Å². The Morgan fingerprint density at radius 2 is 1.62 bits per heavy atom. The molecule has 2 amide bonds. The van der Waals surface area contributed by atoms with E-state index in [1.165, 1.54) is 38.5 Å². The van der Waals surface area contributed by atoms with Crippen LogP contribution in [0, 0.1) is 23.2 Å². The van der Waals surface area contributed by atoms with E-state index in [1.54, 1.807) is 0 Å². The highest BCUT2D eigenvalue weighted by Gasteiger charge is 2.51. The average molecular weight is 595 g/mol. The zero-order valence-electron chi connectivity index (χ0n) is 22.7. The maximum Gasteiger partial charge on any atom is 0.242 e. The number of halogens is 1. The standard InChI is InChI=1S/C32H40BrN3O3/c33-28-6-3-4-23(15-28)22-39-29-7-2-1-5-27(29)21-35-8-10-36(11-9-35)31(38)20-34-30(37)19-32-16-24-12-25(17-32)14-26(13-24)18-32/h1-7,15,24-26H,8-14,16-22H2,(H,34,37). The molecule has 0 aromatic heterocycles. The number of rotatable bonds is 9. The van der Waals surface area contributed by atoms with Crippen LogP contribution in [-0.4, -0.2) is 54.3 Å². The van der Waals surface area contributed by atoms with Crippen molar-refractivity contribution in [3.8, 4) is 5.75 Å². The summed E-state index contributed by atoms with van der Waals surface area (Å²) in [5.41, 5.74) is 2.49. The van der Waals surface area contributed by atoms with Gasteiger partial charge in [-0.05, 0) is 85.5 Å². The van der Waals surface area contributed by atoms with Gasteiger partial charge >= 0.3 is 0 Å². The summed E-state index contributed by atoms with van der Waals surface area (Å²) in [6, 6.07) is 16.4. The third-order valence-electron chi connectivity index (χ3n) is 9.51. The third-order valence-corrected chi connectivity index (χ3v) is 10.0. The summed E-state index contributed by atoms with van der Waals surface area (Å²) in [5, 5.41) is 2.98. The van der Waals surface area contributed by atoms with Gasteiger partial charge in [-0.25, -0.2) is 0 Å². The maximum atomic E-state index is 12.9. The Morgan fingerprint density at radius 3 is 2.31 bits per heavy atom. The molecule has 5 aliphatic rings. The number of piperazine rings is 1. The summed E-state index contributed by atoms with van der Waals surface area (Å²) in [5.74, 6) is 3.53. The van der Waals surface area contributed by atoms with E-state index in [9.17, 15) is 9.59 Å². The first-order chi connectivity index (χ1) is 18.9. The molecule has 0 spiro atoms. The summed E-state index contributed by atoms with van der Waals surface area (Å²) in [6.07, 6.45) is 8.43. The van der Waals surface area contributed by atoms with Crippen LogP contribution < -0.4 is 10.1 Å². The average Bonchev–Trinajstić information content (AvgIpc) is 2.91. The summed E-state index contributed by atoms with van der Waals surface area (Å²) < 4.78 is 7.22. The first-order valence-corrected chi connectivity index (χ1v) is 15.4. The highest BCUT2D eigenvalue weighted by atomic mass is 79.9. The lowest BCUT2D eigenvalue weighted by Gasteiger charge is -2.56. The molecule has 39 heavy (non-hydrogen) atoms. The molecule has 5 fully saturated rings. The van der Waals surface area contributed by atoms with Crippen LogP contribution in [0.4, 0.5) is 0 Å². The Kier molecular flexibility index (Phi) is 7.99. The van der Waals surface area contributed by atoms with Crippen molar-refractivity contribution < 1.29 is 14.3 Å². The lowest BCUT2D eigenvalue weighted by Crippen LogP contribution is -2.51. The molecule has 2 aromatic rings. The number of carbonyl (C=O) groups is 2. The predicted octanol–water partition coefficient (Wildman–Crippen LogP) is 5.40. The van der Waals surface area contributed by atoms with Gasteiger partial charge in [0.05, 0.1) is 6.54 Å². The van der Waals surface area contributed by atoms with Crippen molar-refractivity contribution >= 4 is 27.7 Å². The fourth-order valence-corrected chi connectivity index (χ4v) is 8.60. The summed E-state index contributed by atoms with van der Waals surface area (Å²) >= 11 is 3.52. The van der Waals surface area contributed by atoms with Gasteiger partial charge in [0.2, 0.25) is 11.8 Å². The maximum absolute atomic E-state index is 12.9. The number of nitrogens with one attached hydrogen (secondary N) is 1. The van der Waals surface area contributed by atoms with Crippen LogP contribution in [0.15, 0.2) is 53.0 Å². The van der Waals surface area contributed by atoms with Crippen molar-refractivity contribution in [2.24, 2.45) is 23.2 Å². The first kappa shape index (κ1) is 26.8. The lowest BCUT2D eigenvalue weighted by atomic mass is 9.49. The molecule has 4 saturated carbocycles. The van der Waals surface area contributed by atoms with Gasteiger partial charge in [0.25, 0.3) is 0 Å². The molecule has 1 heterocycles. The largest absolute Gasteiger partial charge is 0.489 e. The normalized spacial score (nSPS) is 27.9. The molecule has 0 atom stereocenters. The first-order valence-electron chi connectivity index (χ1n) is 14.6. The van der Waals surface area contributed by atoms with Crippen LogP contribution in [0.1, 0.15) is 56.1 Å². The molecule has 7 rings (SSSR count). The van der Waals surface area contributed by atoms with Crippen molar-refractivity contribution in [1.82, 2.24) is 15.1 Å². The van der Waals surface area contributed by atoms with E-state index in [0.717, 1.165) is 58.7 Å². The van der Waals surface area contributed by atoms with E-state index in [0.29, 0.717) is 26.1 Å². The van der Waals surface area contributed by atoms with Crippen LogP contribution in [0.5, 0.6) is 5.75 Å². The van der Waals surface area contributed by atoms with Crippen molar-refractivity contribution in [3.63, 3.8) is 0 Å². The zero-order chi connectivity index (χ0) is 26.8. The van der Waals surface area contributed by atoms with Gasteiger partial charge < -0.3 is 15.0 Å². The fourth-order valence-electron chi connectivity index (χ4n) is 8.15. The minimum atomic E-state index is 0.0336. The van der Waals surface area contributed by atoms with Gasteiger partial charge in [0, 0.05) is 49.2 Å². The van der Waals surface area contributed by atoms with Crippen LogP contribution in [-0.2, 0) is 22.7 Å². The number of nitrogens with zero attached hydrogens (tertiary/aromatic N) is 2. The third kappa shape index (κ3) is 6.51. The smallest absolute Gasteiger partial charge is 0.242 e. The topological polar surface area (TPSA) is 61.9 Å². The zero-order valence-corrected chi connectivity index (χ0v) is 24.3. The molecule has 0 unspecified atom stereocenters.